The lowest BCUT2D eigenvalue weighted by Crippen LogP contribution is -2.51. The molecular formula is C24H28N2O3. The molecule has 1 fully saturated rings. The molecule has 1 aliphatic heterocycles. The number of carbonyl (C=O) groups excluding carboxylic acids is 2. The van der Waals surface area contributed by atoms with Crippen molar-refractivity contribution in [2.75, 3.05) is 32.8 Å². The summed E-state index contributed by atoms with van der Waals surface area (Å²) in [4.78, 5) is 28.3. The highest BCUT2D eigenvalue weighted by molar-refractivity contribution is 5.92. The summed E-state index contributed by atoms with van der Waals surface area (Å²) in [6, 6.07) is 17.6. The summed E-state index contributed by atoms with van der Waals surface area (Å²) in [5, 5.41) is 0. The summed E-state index contributed by atoms with van der Waals surface area (Å²) >= 11 is 0. The van der Waals surface area contributed by atoms with Gasteiger partial charge in [-0.3, -0.25) is 9.59 Å². The van der Waals surface area contributed by atoms with E-state index in [9.17, 15) is 9.59 Å². The van der Waals surface area contributed by atoms with Crippen LogP contribution in [0.3, 0.4) is 0 Å². The number of piperazine rings is 1. The Morgan fingerprint density at radius 1 is 0.931 bits per heavy atom. The molecule has 0 radical (unpaired) electrons. The quantitative estimate of drug-likeness (QED) is 0.679. The minimum Gasteiger partial charge on any atom is -0.484 e. The summed E-state index contributed by atoms with van der Waals surface area (Å²) < 4.78 is 5.63. The van der Waals surface area contributed by atoms with Gasteiger partial charge in [0.15, 0.2) is 6.61 Å². The number of rotatable bonds is 7. The zero-order valence-electron chi connectivity index (χ0n) is 16.9. The number of hydrogen-bond donors (Lipinski definition) is 0. The maximum atomic E-state index is 12.4. The van der Waals surface area contributed by atoms with Gasteiger partial charge in [0, 0.05) is 32.3 Å². The smallest absolute Gasteiger partial charge is 0.260 e. The Hall–Kier alpha value is -3.08. The first kappa shape index (κ1) is 20.6. The first-order valence-electron chi connectivity index (χ1n) is 10.2. The van der Waals surface area contributed by atoms with Crippen molar-refractivity contribution in [2.24, 2.45) is 0 Å². The van der Waals surface area contributed by atoms with Gasteiger partial charge < -0.3 is 14.5 Å². The lowest BCUT2D eigenvalue weighted by Gasteiger charge is -2.34. The van der Waals surface area contributed by atoms with Crippen LogP contribution in [0, 0.1) is 0 Å². The highest BCUT2D eigenvalue weighted by Crippen LogP contribution is 2.14. The van der Waals surface area contributed by atoms with Crippen LogP contribution in [0.15, 0.2) is 60.7 Å². The van der Waals surface area contributed by atoms with Crippen LogP contribution in [0.4, 0.5) is 0 Å². The first-order chi connectivity index (χ1) is 14.2. The van der Waals surface area contributed by atoms with Crippen molar-refractivity contribution in [3.63, 3.8) is 0 Å². The fraction of sp³-hybridized carbons (Fsp3) is 0.333. The molecule has 0 spiro atoms. The van der Waals surface area contributed by atoms with Gasteiger partial charge in [-0.15, -0.1) is 0 Å². The fourth-order valence-corrected chi connectivity index (χ4v) is 3.29. The number of aryl methyl sites for hydroxylation is 1. The molecule has 2 aromatic carbocycles. The number of nitrogens with zero attached hydrogens (tertiary/aromatic N) is 2. The first-order valence-corrected chi connectivity index (χ1v) is 10.2. The van der Waals surface area contributed by atoms with Gasteiger partial charge in [0.05, 0.1) is 0 Å². The molecule has 0 bridgehead atoms. The van der Waals surface area contributed by atoms with Gasteiger partial charge in [0.25, 0.3) is 5.91 Å². The average molecular weight is 392 g/mol. The van der Waals surface area contributed by atoms with Gasteiger partial charge in [-0.1, -0.05) is 55.8 Å². The predicted molar refractivity (Wildman–Crippen MR) is 115 cm³/mol. The van der Waals surface area contributed by atoms with Crippen molar-refractivity contribution in [3.05, 3.63) is 71.8 Å². The lowest BCUT2D eigenvalue weighted by atomic mass is 10.1. The molecule has 1 saturated heterocycles. The lowest BCUT2D eigenvalue weighted by molar-refractivity contribution is -0.138. The molecule has 2 amide bonds. The van der Waals surface area contributed by atoms with E-state index in [-0.39, 0.29) is 18.4 Å². The van der Waals surface area contributed by atoms with Crippen LogP contribution >= 0.6 is 0 Å². The van der Waals surface area contributed by atoms with Crippen molar-refractivity contribution < 1.29 is 14.3 Å². The molecule has 0 aromatic heterocycles. The highest BCUT2D eigenvalue weighted by atomic mass is 16.5. The Kier molecular flexibility index (Phi) is 7.45. The fourth-order valence-electron chi connectivity index (χ4n) is 3.29. The second-order valence-electron chi connectivity index (χ2n) is 7.13. The number of hydrogen-bond acceptors (Lipinski definition) is 3. The Balaban J connectivity index is 1.42. The van der Waals surface area contributed by atoms with Crippen LogP contribution in [0.5, 0.6) is 5.75 Å². The van der Waals surface area contributed by atoms with Crippen LogP contribution in [0.2, 0.25) is 0 Å². The zero-order chi connectivity index (χ0) is 20.5. The minimum absolute atomic E-state index is 0.0228. The van der Waals surface area contributed by atoms with Crippen molar-refractivity contribution in [2.45, 2.75) is 19.8 Å². The molecular weight excluding hydrogens is 364 g/mol. The molecule has 0 aliphatic carbocycles. The predicted octanol–water partition coefficient (Wildman–Crippen LogP) is 3.40. The Labute approximate surface area is 172 Å². The maximum absolute atomic E-state index is 12.4. The van der Waals surface area contributed by atoms with E-state index in [0.29, 0.717) is 31.9 Å². The third-order valence-electron chi connectivity index (χ3n) is 4.99. The van der Waals surface area contributed by atoms with Gasteiger partial charge in [-0.2, -0.15) is 0 Å². The van der Waals surface area contributed by atoms with Gasteiger partial charge in [0.2, 0.25) is 5.91 Å². The van der Waals surface area contributed by atoms with Crippen molar-refractivity contribution in [3.8, 4) is 5.75 Å². The molecule has 1 aliphatic rings. The van der Waals surface area contributed by atoms with Gasteiger partial charge in [0.1, 0.15) is 5.75 Å². The number of carbonyl (C=O) groups is 2. The van der Waals surface area contributed by atoms with Crippen molar-refractivity contribution >= 4 is 17.9 Å². The SMILES string of the molecule is CCCc1ccc(OCC(=O)N2CCN(C(=O)/C=C/c3ccccc3)CC2)cc1. The molecule has 5 heteroatoms. The topological polar surface area (TPSA) is 49.9 Å². The highest BCUT2D eigenvalue weighted by Gasteiger charge is 2.23. The third kappa shape index (κ3) is 6.21. The van der Waals surface area contributed by atoms with Gasteiger partial charge in [-0.05, 0) is 35.8 Å². The number of benzene rings is 2. The van der Waals surface area contributed by atoms with E-state index in [4.69, 9.17) is 4.74 Å². The second-order valence-corrected chi connectivity index (χ2v) is 7.13. The second kappa shape index (κ2) is 10.5. The summed E-state index contributed by atoms with van der Waals surface area (Å²) in [6.07, 6.45) is 5.57. The van der Waals surface area contributed by atoms with Crippen LogP contribution in [-0.4, -0.2) is 54.4 Å². The molecule has 1 heterocycles. The van der Waals surface area contributed by atoms with Crippen molar-refractivity contribution in [1.29, 1.82) is 0 Å². The van der Waals surface area contributed by atoms with Crippen LogP contribution in [-0.2, 0) is 16.0 Å². The standard InChI is InChI=1S/C24H28N2O3/c1-2-6-20-9-12-22(13-10-20)29-19-24(28)26-17-15-25(16-18-26)23(27)14-11-21-7-4-3-5-8-21/h3-5,7-14H,2,6,15-19H2,1H3/b14-11+. The van der Waals surface area contributed by atoms with E-state index in [1.54, 1.807) is 15.9 Å². The molecule has 0 atom stereocenters. The van der Waals surface area contributed by atoms with E-state index < -0.39 is 0 Å². The van der Waals surface area contributed by atoms with E-state index >= 15 is 0 Å². The molecule has 5 nitrogen and oxygen atoms in total. The Morgan fingerprint density at radius 3 is 2.24 bits per heavy atom. The largest absolute Gasteiger partial charge is 0.484 e. The van der Waals surface area contributed by atoms with Gasteiger partial charge >= 0.3 is 0 Å². The third-order valence-corrected chi connectivity index (χ3v) is 4.99. The van der Waals surface area contributed by atoms with E-state index in [1.807, 2.05) is 60.7 Å². The molecule has 152 valence electrons. The molecule has 3 rings (SSSR count). The number of amides is 2. The van der Waals surface area contributed by atoms with E-state index in [2.05, 4.69) is 6.92 Å². The van der Waals surface area contributed by atoms with Crippen LogP contribution in [0.1, 0.15) is 24.5 Å². The zero-order valence-corrected chi connectivity index (χ0v) is 16.9. The number of ether oxygens (including phenoxy) is 1. The Bertz CT molecular complexity index is 823. The monoisotopic (exact) mass is 392 g/mol. The normalized spacial score (nSPS) is 14.2. The summed E-state index contributed by atoms with van der Waals surface area (Å²) in [5.74, 6) is 0.636. The van der Waals surface area contributed by atoms with Crippen molar-refractivity contribution in [1.82, 2.24) is 9.80 Å². The summed E-state index contributed by atoms with van der Waals surface area (Å²) in [6.45, 7) is 4.31. The van der Waals surface area contributed by atoms with E-state index in [0.717, 1.165) is 18.4 Å². The summed E-state index contributed by atoms with van der Waals surface area (Å²) in [7, 11) is 0. The molecule has 2 aromatic rings. The minimum atomic E-state index is -0.0467. The molecule has 0 N–H and O–H groups in total. The molecule has 0 unspecified atom stereocenters. The molecule has 29 heavy (non-hydrogen) atoms. The van der Waals surface area contributed by atoms with Crippen LogP contribution in [0.25, 0.3) is 6.08 Å². The maximum Gasteiger partial charge on any atom is 0.260 e. The van der Waals surface area contributed by atoms with Crippen LogP contribution < -0.4 is 4.74 Å². The van der Waals surface area contributed by atoms with Gasteiger partial charge in [-0.25, -0.2) is 0 Å². The Morgan fingerprint density at radius 2 is 1.59 bits per heavy atom. The average Bonchev–Trinajstić information content (AvgIpc) is 2.78. The summed E-state index contributed by atoms with van der Waals surface area (Å²) in [5.41, 5.74) is 2.27. The van der Waals surface area contributed by atoms with E-state index in [1.165, 1.54) is 5.56 Å². The molecule has 0 saturated carbocycles.